The maximum absolute atomic E-state index is 6.98. The van der Waals surface area contributed by atoms with Crippen molar-refractivity contribution in [3.63, 3.8) is 0 Å². The minimum absolute atomic E-state index is 0.850. The molecule has 0 radical (unpaired) electrons. The average molecular weight is 602 g/mol. The van der Waals surface area contributed by atoms with Crippen LogP contribution in [0, 0.1) is 0 Å². The summed E-state index contributed by atoms with van der Waals surface area (Å²) in [6.45, 7) is 0. The van der Waals surface area contributed by atoms with Gasteiger partial charge < -0.3 is 13.7 Å². The van der Waals surface area contributed by atoms with E-state index in [-0.39, 0.29) is 0 Å². The first-order valence-corrected chi connectivity index (χ1v) is 15.9. The third kappa shape index (κ3) is 4.00. The monoisotopic (exact) mass is 601 g/mol. The zero-order valence-electron chi connectivity index (χ0n) is 25.4. The third-order valence-electron chi connectivity index (χ3n) is 9.42. The van der Waals surface area contributed by atoms with Gasteiger partial charge in [0, 0.05) is 38.3 Å². The number of nitrogens with zero attached hydrogens (tertiary/aromatic N) is 1. The highest BCUT2D eigenvalue weighted by Gasteiger charge is 2.22. The van der Waals surface area contributed by atoms with Crippen LogP contribution in [-0.2, 0) is 0 Å². The molecular weight excluding hydrogens is 574 g/mol. The summed E-state index contributed by atoms with van der Waals surface area (Å²) >= 11 is 0. The topological polar surface area (TPSA) is 29.5 Å². The minimum Gasteiger partial charge on any atom is -0.456 e. The molecule has 220 valence electrons. The first-order chi connectivity index (χ1) is 23.3. The number of furan rings is 2. The molecule has 47 heavy (non-hydrogen) atoms. The van der Waals surface area contributed by atoms with E-state index in [2.05, 4.69) is 157 Å². The van der Waals surface area contributed by atoms with Crippen LogP contribution >= 0.6 is 0 Å². The molecule has 0 bridgehead atoms. The van der Waals surface area contributed by atoms with Crippen molar-refractivity contribution in [1.29, 1.82) is 0 Å². The van der Waals surface area contributed by atoms with Gasteiger partial charge in [-0.2, -0.15) is 0 Å². The molecule has 3 nitrogen and oxygen atoms in total. The summed E-state index contributed by atoms with van der Waals surface area (Å²) in [6.07, 6.45) is 0. The number of hydrogen-bond donors (Lipinski definition) is 0. The Labute approximate surface area is 270 Å². The van der Waals surface area contributed by atoms with Gasteiger partial charge in [0.1, 0.15) is 16.7 Å². The lowest BCUT2D eigenvalue weighted by Crippen LogP contribution is -2.10. The van der Waals surface area contributed by atoms with Gasteiger partial charge in [-0.25, -0.2) is 0 Å². The summed E-state index contributed by atoms with van der Waals surface area (Å²) in [5.41, 5.74) is 8.96. The molecule has 0 fully saturated rings. The summed E-state index contributed by atoms with van der Waals surface area (Å²) in [6, 6.07) is 57.8. The molecule has 3 heteroatoms. The standard InChI is InChI=1S/C44H27NO2/c1-2-12-29(13-3-1)37-27-39-36-18-10-19-40(44(36)47-43(39)35-17-7-6-15-33(35)37)45(31-22-21-28-11-4-5-14-30(28)25-31)32-23-24-42-38(26-32)34-16-8-9-20-41(34)46-42/h1-27H. The van der Waals surface area contributed by atoms with Crippen LogP contribution in [0.4, 0.5) is 17.1 Å². The molecule has 2 heterocycles. The zero-order valence-corrected chi connectivity index (χ0v) is 25.4. The van der Waals surface area contributed by atoms with Gasteiger partial charge in [0.15, 0.2) is 5.58 Å². The molecule has 2 aromatic heterocycles. The molecule has 0 unspecified atom stereocenters. The summed E-state index contributed by atoms with van der Waals surface area (Å²) in [5.74, 6) is 0. The van der Waals surface area contributed by atoms with Crippen molar-refractivity contribution in [3.05, 3.63) is 164 Å². The lowest BCUT2D eigenvalue weighted by molar-refractivity contribution is 0.669. The SMILES string of the molecule is c1ccc(-c2cc3c4cccc(N(c5ccc6ccccc6c5)c5ccc6oc7ccccc7c6c5)c4oc3c3ccccc23)cc1. The number of fused-ring (bicyclic) bond motifs is 9. The van der Waals surface area contributed by atoms with Crippen LogP contribution < -0.4 is 4.90 Å². The molecule has 10 aromatic rings. The summed E-state index contributed by atoms with van der Waals surface area (Å²) in [5, 5.41) is 9.04. The van der Waals surface area contributed by atoms with Crippen LogP contribution in [0.25, 0.3) is 76.5 Å². The first kappa shape index (κ1) is 26.0. The third-order valence-corrected chi connectivity index (χ3v) is 9.42. The van der Waals surface area contributed by atoms with Crippen molar-refractivity contribution in [2.45, 2.75) is 0 Å². The van der Waals surface area contributed by atoms with Gasteiger partial charge in [0.25, 0.3) is 0 Å². The first-order valence-electron chi connectivity index (χ1n) is 15.9. The zero-order chi connectivity index (χ0) is 30.9. The van der Waals surface area contributed by atoms with Gasteiger partial charge in [0.2, 0.25) is 0 Å². The van der Waals surface area contributed by atoms with Crippen LogP contribution in [0.3, 0.4) is 0 Å². The fourth-order valence-electron chi connectivity index (χ4n) is 7.23. The number of benzene rings is 8. The van der Waals surface area contributed by atoms with Crippen molar-refractivity contribution in [2.24, 2.45) is 0 Å². The second-order valence-electron chi connectivity index (χ2n) is 12.1. The van der Waals surface area contributed by atoms with Gasteiger partial charge in [0.05, 0.1) is 5.69 Å². The Hall–Kier alpha value is -6.32. The Morgan fingerprint density at radius 2 is 1.02 bits per heavy atom. The van der Waals surface area contributed by atoms with Gasteiger partial charge in [-0.3, -0.25) is 0 Å². The maximum atomic E-state index is 6.98. The molecular formula is C44H27NO2. The number of anilines is 3. The highest BCUT2D eigenvalue weighted by molar-refractivity contribution is 6.21. The quantitative estimate of drug-likeness (QED) is 0.201. The van der Waals surface area contributed by atoms with E-state index in [1.165, 1.54) is 27.3 Å². The highest BCUT2D eigenvalue weighted by Crippen LogP contribution is 2.46. The summed E-state index contributed by atoms with van der Waals surface area (Å²) < 4.78 is 13.2. The Kier molecular flexibility index (Phi) is 5.57. The number of para-hydroxylation sites is 2. The second-order valence-corrected chi connectivity index (χ2v) is 12.1. The smallest absolute Gasteiger partial charge is 0.159 e. The Balaban J connectivity index is 1.27. The molecule has 0 atom stereocenters. The largest absolute Gasteiger partial charge is 0.456 e. The van der Waals surface area contributed by atoms with Crippen LogP contribution in [0.2, 0.25) is 0 Å². The van der Waals surface area contributed by atoms with E-state index in [0.29, 0.717) is 0 Å². The molecule has 0 aliphatic rings. The van der Waals surface area contributed by atoms with Crippen LogP contribution in [-0.4, -0.2) is 0 Å². The Morgan fingerprint density at radius 1 is 0.362 bits per heavy atom. The van der Waals surface area contributed by atoms with Gasteiger partial charge in [-0.1, -0.05) is 115 Å². The van der Waals surface area contributed by atoms with E-state index in [1.54, 1.807) is 0 Å². The van der Waals surface area contributed by atoms with Gasteiger partial charge >= 0.3 is 0 Å². The van der Waals surface area contributed by atoms with Crippen molar-refractivity contribution in [1.82, 2.24) is 0 Å². The van der Waals surface area contributed by atoms with Crippen LogP contribution in [0.1, 0.15) is 0 Å². The normalized spacial score (nSPS) is 11.8. The molecule has 0 saturated carbocycles. The van der Waals surface area contributed by atoms with E-state index in [0.717, 1.165) is 66.3 Å². The fourth-order valence-corrected chi connectivity index (χ4v) is 7.23. The van der Waals surface area contributed by atoms with Crippen LogP contribution in [0.5, 0.6) is 0 Å². The maximum Gasteiger partial charge on any atom is 0.159 e. The summed E-state index contributed by atoms with van der Waals surface area (Å²) in [7, 11) is 0. The van der Waals surface area contributed by atoms with E-state index < -0.39 is 0 Å². The average Bonchev–Trinajstić information content (AvgIpc) is 3.71. The lowest BCUT2D eigenvalue weighted by Gasteiger charge is -2.26. The molecule has 0 saturated heterocycles. The molecule has 0 amide bonds. The van der Waals surface area contributed by atoms with E-state index >= 15 is 0 Å². The number of rotatable bonds is 4. The molecule has 0 aliphatic heterocycles. The van der Waals surface area contributed by atoms with Crippen LogP contribution in [0.15, 0.2) is 173 Å². The Morgan fingerprint density at radius 3 is 1.91 bits per heavy atom. The summed E-state index contributed by atoms with van der Waals surface area (Å²) in [4.78, 5) is 2.32. The van der Waals surface area contributed by atoms with Gasteiger partial charge in [-0.05, 0) is 75.8 Å². The molecule has 0 spiro atoms. The van der Waals surface area contributed by atoms with Gasteiger partial charge in [-0.15, -0.1) is 0 Å². The molecule has 10 rings (SSSR count). The predicted molar refractivity (Wildman–Crippen MR) is 196 cm³/mol. The second kappa shape index (κ2) is 10.1. The Bertz CT molecular complexity index is 2810. The minimum atomic E-state index is 0.850. The number of hydrogen-bond acceptors (Lipinski definition) is 3. The van der Waals surface area contributed by atoms with E-state index in [1.807, 2.05) is 12.1 Å². The molecule has 0 aliphatic carbocycles. The van der Waals surface area contributed by atoms with Crippen molar-refractivity contribution in [2.75, 3.05) is 4.90 Å². The molecule has 8 aromatic carbocycles. The lowest BCUT2D eigenvalue weighted by atomic mass is 9.95. The fraction of sp³-hybridized carbons (Fsp3) is 0. The van der Waals surface area contributed by atoms with Crippen molar-refractivity contribution < 1.29 is 8.83 Å². The van der Waals surface area contributed by atoms with Crippen molar-refractivity contribution in [3.8, 4) is 11.1 Å². The van der Waals surface area contributed by atoms with E-state index in [9.17, 15) is 0 Å². The molecule has 0 N–H and O–H groups in total. The van der Waals surface area contributed by atoms with E-state index in [4.69, 9.17) is 8.83 Å². The predicted octanol–water partition coefficient (Wildman–Crippen LogP) is 12.9. The highest BCUT2D eigenvalue weighted by atomic mass is 16.3. The van der Waals surface area contributed by atoms with Crippen molar-refractivity contribution >= 4 is 82.5 Å².